The van der Waals surface area contributed by atoms with Gasteiger partial charge in [0.05, 0.1) is 13.7 Å². The van der Waals surface area contributed by atoms with E-state index in [0.29, 0.717) is 24.4 Å². The highest BCUT2D eigenvalue weighted by Crippen LogP contribution is 2.36. The third-order valence-electron chi connectivity index (χ3n) is 4.36. The van der Waals surface area contributed by atoms with E-state index >= 15 is 0 Å². The molecule has 1 N–H and O–H groups in total. The Bertz CT molecular complexity index is 873. The van der Waals surface area contributed by atoms with Gasteiger partial charge in [-0.1, -0.05) is 6.07 Å². The maximum Gasteiger partial charge on any atom is 0.256 e. The van der Waals surface area contributed by atoms with E-state index in [9.17, 15) is 9.59 Å². The van der Waals surface area contributed by atoms with Gasteiger partial charge in [0, 0.05) is 42.7 Å². The lowest BCUT2D eigenvalue weighted by atomic mass is 10.0. The number of thiophene rings is 1. The van der Waals surface area contributed by atoms with Crippen LogP contribution in [0.15, 0.2) is 29.3 Å². The van der Waals surface area contributed by atoms with Crippen LogP contribution in [-0.4, -0.2) is 43.6 Å². The lowest BCUT2D eigenvalue weighted by Crippen LogP contribution is -2.33. The van der Waals surface area contributed by atoms with Crippen molar-refractivity contribution in [3.05, 3.63) is 45.8 Å². The number of hydrogen-bond acceptors (Lipinski definition) is 5. The number of carbonyl (C=O) groups excluding carboxylic acids is 2. The van der Waals surface area contributed by atoms with Crippen molar-refractivity contribution in [2.24, 2.45) is 4.99 Å². The zero-order valence-corrected chi connectivity index (χ0v) is 15.9. The van der Waals surface area contributed by atoms with Crippen LogP contribution in [0.1, 0.15) is 33.3 Å². The third-order valence-corrected chi connectivity index (χ3v) is 5.51. The standard InChI is InChI=1S/C19H21N3O3S/c1-12(23)22-8-7-15-16(10-20-2)19(26-17(15)11-22)21-18(24)13-5-4-6-14(9-13)25-3/h4-6,9-10H,7-8,11H2,1-3H3,(H,21,24). The monoisotopic (exact) mass is 371 g/mol. The maximum absolute atomic E-state index is 12.7. The Morgan fingerprint density at radius 2 is 2.19 bits per heavy atom. The summed E-state index contributed by atoms with van der Waals surface area (Å²) in [4.78, 5) is 31.4. The van der Waals surface area contributed by atoms with E-state index in [1.54, 1.807) is 51.6 Å². The Balaban J connectivity index is 1.90. The van der Waals surface area contributed by atoms with Crippen LogP contribution in [0.2, 0.25) is 0 Å². The molecule has 0 unspecified atom stereocenters. The van der Waals surface area contributed by atoms with Crippen molar-refractivity contribution >= 4 is 34.4 Å². The van der Waals surface area contributed by atoms with Crippen LogP contribution in [0.3, 0.4) is 0 Å². The van der Waals surface area contributed by atoms with Gasteiger partial charge in [-0.15, -0.1) is 11.3 Å². The van der Waals surface area contributed by atoms with E-state index < -0.39 is 0 Å². The van der Waals surface area contributed by atoms with Gasteiger partial charge in [-0.25, -0.2) is 0 Å². The molecule has 1 aromatic carbocycles. The highest BCUT2D eigenvalue weighted by atomic mass is 32.1. The Kier molecular flexibility index (Phi) is 5.37. The highest BCUT2D eigenvalue weighted by Gasteiger charge is 2.25. The molecule has 1 aliphatic rings. The number of ether oxygens (including phenoxy) is 1. The van der Waals surface area contributed by atoms with Gasteiger partial charge in [-0.3, -0.25) is 14.6 Å². The predicted octanol–water partition coefficient (Wildman–Crippen LogP) is 2.96. The molecule has 0 saturated heterocycles. The van der Waals surface area contributed by atoms with Crippen LogP contribution in [-0.2, 0) is 17.8 Å². The summed E-state index contributed by atoms with van der Waals surface area (Å²) in [5, 5.41) is 3.76. The molecule has 136 valence electrons. The summed E-state index contributed by atoms with van der Waals surface area (Å²) in [7, 11) is 3.28. The van der Waals surface area contributed by atoms with E-state index in [1.165, 1.54) is 16.9 Å². The van der Waals surface area contributed by atoms with Gasteiger partial charge in [-0.2, -0.15) is 0 Å². The van der Waals surface area contributed by atoms with E-state index in [0.717, 1.165) is 21.9 Å². The van der Waals surface area contributed by atoms with Gasteiger partial charge >= 0.3 is 0 Å². The molecule has 0 fully saturated rings. The Morgan fingerprint density at radius 3 is 2.88 bits per heavy atom. The molecule has 0 atom stereocenters. The average molecular weight is 371 g/mol. The number of nitrogens with one attached hydrogen (secondary N) is 1. The molecule has 1 aromatic heterocycles. The SMILES string of the molecule is CN=Cc1c(NC(=O)c2cccc(OC)c2)sc2c1CCN(C(C)=O)C2. The van der Waals surface area contributed by atoms with Gasteiger partial charge in [0.15, 0.2) is 0 Å². The zero-order valence-electron chi connectivity index (χ0n) is 15.0. The van der Waals surface area contributed by atoms with Crippen molar-refractivity contribution < 1.29 is 14.3 Å². The first-order valence-corrected chi connectivity index (χ1v) is 9.12. The lowest BCUT2D eigenvalue weighted by Gasteiger charge is -2.25. The average Bonchev–Trinajstić information content (AvgIpc) is 2.98. The number of benzene rings is 1. The minimum atomic E-state index is -0.198. The van der Waals surface area contributed by atoms with Crippen LogP contribution in [0, 0.1) is 0 Å². The summed E-state index contributed by atoms with van der Waals surface area (Å²) in [6.45, 7) is 2.85. The van der Waals surface area contributed by atoms with Gasteiger partial charge in [0.2, 0.25) is 5.91 Å². The summed E-state index contributed by atoms with van der Waals surface area (Å²) >= 11 is 1.51. The van der Waals surface area contributed by atoms with Gasteiger partial charge < -0.3 is 15.0 Å². The number of amides is 2. The molecule has 26 heavy (non-hydrogen) atoms. The van der Waals surface area contributed by atoms with Crippen molar-refractivity contribution in [1.82, 2.24) is 4.90 Å². The highest BCUT2D eigenvalue weighted by molar-refractivity contribution is 7.17. The normalized spacial score (nSPS) is 13.6. The Hall–Kier alpha value is -2.67. The van der Waals surface area contributed by atoms with Crippen LogP contribution < -0.4 is 10.1 Å². The minimum absolute atomic E-state index is 0.0664. The van der Waals surface area contributed by atoms with Crippen molar-refractivity contribution in [3.8, 4) is 5.75 Å². The first-order chi connectivity index (χ1) is 12.5. The smallest absolute Gasteiger partial charge is 0.256 e. The number of methoxy groups -OCH3 is 1. The number of carbonyl (C=O) groups is 2. The molecule has 0 aliphatic carbocycles. The molecule has 2 aromatic rings. The summed E-state index contributed by atoms with van der Waals surface area (Å²) in [5.74, 6) is 0.504. The van der Waals surface area contributed by atoms with Crippen molar-refractivity contribution in [2.75, 3.05) is 26.0 Å². The molecule has 7 heteroatoms. The summed E-state index contributed by atoms with van der Waals surface area (Å²) in [6.07, 6.45) is 2.54. The number of fused-ring (bicyclic) bond motifs is 1. The molecular weight excluding hydrogens is 350 g/mol. The molecule has 0 saturated carbocycles. The largest absolute Gasteiger partial charge is 0.497 e. The van der Waals surface area contributed by atoms with Gasteiger partial charge in [-0.05, 0) is 30.2 Å². The molecule has 6 nitrogen and oxygen atoms in total. The van der Waals surface area contributed by atoms with Crippen LogP contribution in [0.25, 0.3) is 0 Å². The van der Waals surface area contributed by atoms with Crippen LogP contribution in [0.4, 0.5) is 5.00 Å². The van der Waals surface area contributed by atoms with Crippen molar-refractivity contribution in [3.63, 3.8) is 0 Å². The van der Waals surface area contributed by atoms with E-state index in [4.69, 9.17) is 4.74 Å². The number of aliphatic imine (C=N–C) groups is 1. The van der Waals surface area contributed by atoms with Crippen LogP contribution >= 0.6 is 11.3 Å². The predicted molar refractivity (Wildman–Crippen MR) is 104 cm³/mol. The quantitative estimate of drug-likeness (QED) is 0.840. The van der Waals surface area contributed by atoms with Crippen molar-refractivity contribution in [1.29, 1.82) is 0 Å². The minimum Gasteiger partial charge on any atom is -0.497 e. The molecule has 2 amide bonds. The fourth-order valence-corrected chi connectivity index (χ4v) is 4.23. The fourth-order valence-electron chi connectivity index (χ4n) is 2.99. The Morgan fingerprint density at radius 1 is 1.38 bits per heavy atom. The zero-order chi connectivity index (χ0) is 18.7. The van der Waals surface area contributed by atoms with E-state index in [-0.39, 0.29) is 11.8 Å². The van der Waals surface area contributed by atoms with Gasteiger partial charge in [0.25, 0.3) is 5.91 Å². The molecule has 1 aliphatic heterocycles. The number of hydrogen-bond donors (Lipinski definition) is 1. The lowest BCUT2D eigenvalue weighted by molar-refractivity contribution is -0.129. The Labute approximate surface area is 156 Å². The maximum atomic E-state index is 12.7. The molecule has 0 bridgehead atoms. The second-order valence-electron chi connectivity index (χ2n) is 6.01. The van der Waals surface area contributed by atoms with E-state index in [1.807, 2.05) is 4.90 Å². The molecule has 2 heterocycles. The summed E-state index contributed by atoms with van der Waals surface area (Å²) in [6, 6.07) is 7.03. The number of rotatable bonds is 4. The number of anilines is 1. The van der Waals surface area contributed by atoms with Crippen molar-refractivity contribution in [2.45, 2.75) is 19.9 Å². The fraction of sp³-hybridized carbons (Fsp3) is 0.316. The number of nitrogens with zero attached hydrogens (tertiary/aromatic N) is 2. The molecule has 0 spiro atoms. The molecular formula is C19H21N3O3S. The summed E-state index contributed by atoms with van der Waals surface area (Å²) in [5.41, 5.74) is 2.63. The van der Waals surface area contributed by atoms with E-state index in [2.05, 4.69) is 10.3 Å². The second kappa shape index (κ2) is 7.70. The molecule has 0 radical (unpaired) electrons. The second-order valence-corrected chi connectivity index (χ2v) is 7.12. The first-order valence-electron chi connectivity index (χ1n) is 8.31. The first kappa shape index (κ1) is 18.1. The van der Waals surface area contributed by atoms with Crippen LogP contribution in [0.5, 0.6) is 5.75 Å². The van der Waals surface area contributed by atoms with Gasteiger partial charge in [0.1, 0.15) is 10.8 Å². The molecule has 3 rings (SSSR count). The third kappa shape index (κ3) is 3.62. The summed E-state index contributed by atoms with van der Waals surface area (Å²) < 4.78 is 5.18. The topological polar surface area (TPSA) is 71.0 Å².